The summed E-state index contributed by atoms with van der Waals surface area (Å²) in [6, 6.07) is 1.96. The van der Waals surface area contributed by atoms with Crippen LogP contribution in [0, 0.1) is 5.92 Å². The average molecular weight is 305 g/mol. The van der Waals surface area contributed by atoms with Gasteiger partial charge in [-0.3, -0.25) is 9.67 Å². The first-order valence-electron chi connectivity index (χ1n) is 8.88. The molecule has 2 rings (SSSR count). The predicted molar refractivity (Wildman–Crippen MR) is 92.0 cm³/mol. The molecule has 22 heavy (non-hydrogen) atoms. The van der Waals surface area contributed by atoms with E-state index in [4.69, 9.17) is 0 Å². The number of nitrogens with zero attached hydrogens (tertiary/aromatic N) is 3. The number of aromatic nitrogens is 2. The van der Waals surface area contributed by atoms with Crippen LogP contribution in [0.3, 0.4) is 0 Å². The first-order valence-corrected chi connectivity index (χ1v) is 8.88. The van der Waals surface area contributed by atoms with Gasteiger partial charge in [-0.15, -0.1) is 0 Å². The number of hydrogen-bond acceptors (Lipinski definition) is 2. The van der Waals surface area contributed by atoms with Gasteiger partial charge in [0.25, 0.3) is 0 Å². The van der Waals surface area contributed by atoms with Crippen molar-refractivity contribution in [3.05, 3.63) is 18.5 Å². The van der Waals surface area contributed by atoms with Crippen molar-refractivity contribution >= 4 is 5.96 Å². The molecular formula is C17H31N5. The molecular weight excluding hydrogens is 274 g/mol. The molecule has 124 valence electrons. The Morgan fingerprint density at radius 2 is 2.14 bits per heavy atom. The summed E-state index contributed by atoms with van der Waals surface area (Å²) in [5.41, 5.74) is 0. The number of aryl methyl sites for hydroxylation is 1. The van der Waals surface area contributed by atoms with Crippen molar-refractivity contribution in [3.63, 3.8) is 0 Å². The molecule has 1 aromatic rings. The third-order valence-electron chi connectivity index (χ3n) is 4.27. The van der Waals surface area contributed by atoms with Crippen LogP contribution >= 0.6 is 0 Å². The van der Waals surface area contributed by atoms with E-state index < -0.39 is 0 Å². The number of nitrogens with one attached hydrogen (secondary N) is 2. The van der Waals surface area contributed by atoms with Crippen molar-refractivity contribution in [2.24, 2.45) is 10.9 Å². The molecule has 0 amide bonds. The molecule has 1 aliphatic rings. The van der Waals surface area contributed by atoms with E-state index in [9.17, 15) is 0 Å². The third-order valence-corrected chi connectivity index (χ3v) is 4.27. The molecule has 1 fully saturated rings. The zero-order valence-electron chi connectivity index (χ0n) is 13.9. The maximum Gasteiger partial charge on any atom is 0.191 e. The number of hydrogen-bond donors (Lipinski definition) is 2. The molecule has 0 unspecified atom stereocenters. The smallest absolute Gasteiger partial charge is 0.191 e. The Labute approximate surface area is 134 Å². The standard InChI is InChI=1S/C17H31N5/c1-2-18-17(19-11-5-10-16-8-3-4-9-16)20-12-6-14-22-15-7-13-21-22/h7,13,15-16H,2-6,8-12,14H2,1H3,(H2,18,19,20). The maximum atomic E-state index is 4.64. The molecule has 1 aliphatic carbocycles. The van der Waals surface area contributed by atoms with Crippen LogP contribution < -0.4 is 10.6 Å². The Hall–Kier alpha value is -1.52. The Kier molecular flexibility index (Phi) is 7.85. The first kappa shape index (κ1) is 16.8. The van der Waals surface area contributed by atoms with E-state index in [-0.39, 0.29) is 0 Å². The highest BCUT2D eigenvalue weighted by Gasteiger charge is 2.13. The molecule has 1 heterocycles. The predicted octanol–water partition coefficient (Wildman–Crippen LogP) is 2.80. The minimum absolute atomic E-state index is 0.831. The van der Waals surface area contributed by atoms with Crippen LogP contribution in [0.5, 0.6) is 0 Å². The van der Waals surface area contributed by atoms with Gasteiger partial charge in [0.15, 0.2) is 5.96 Å². The van der Waals surface area contributed by atoms with Crippen molar-refractivity contribution in [2.75, 3.05) is 19.6 Å². The minimum atomic E-state index is 0.831. The molecule has 1 saturated carbocycles. The molecule has 2 N–H and O–H groups in total. The van der Waals surface area contributed by atoms with E-state index in [0.717, 1.165) is 44.5 Å². The fourth-order valence-corrected chi connectivity index (χ4v) is 3.09. The van der Waals surface area contributed by atoms with Crippen molar-refractivity contribution in [1.29, 1.82) is 0 Å². The van der Waals surface area contributed by atoms with Gasteiger partial charge in [-0.1, -0.05) is 25.7 Å². The van der Waals surface area contributed by atoms with E-state index >= 15 is 0 Å². The van der Waals surface area contributed by atoms with Crippen LogP contribution in [0.15, 0.2) is 23.5 Å². The Morgan fingerprint density at radius 1 is 1.27 bits per heavy atom. The Morgan fingerprint density at radius 3 is 2.86 bits per heavy atom. The maximum absolute atomic E-state index is 4.64. The second kappa shape index (κ2) is 10.2. The molecule has 0 saturated heterocycles. The fourth-order valence-electron chi connectivity index (χ4n) is 3.09. The van der Waals surface area contributed by atoms with Crippen LogP contribution in [0.2, 0.25) is 0 Å². The van der Waals surface area contributed by atoms with E-state index in [1.165, 1.54) is 38.5 Å². The summed E-state index contributed by atoms with van der Waals surface area (Å²) < 4.78 is 1.96. The fraction of sp³-hybridized carbons (Fsp3) is 0.765. The molecule has 0 radical (unpaired) electrons. The minimum Gasteiger partial charge on any atom is -0.357 e. The lowest BCUT2D eigenvalue weighted by Crippen LogP contribution is -2.38. The first-order chi connectivity index (χ1) is 10.9. The summed E-state index contributed by atoms with van der Waals surface area (Å²) in [6.45, 7) is 5.81. The third kappa shape index (κ3) is 6.50. The lowest BCUT2D eigenvalue weighted by molar-refractivity contribution is 0.481. The summed E-state index contributed by atoms with van der Waals surface area (Å²) in [6.07, 6.45) is 13.2. The topological polar surface area (TPSA) is 54.2 Å². The molecule has 5 heteroatoms. The quantitative estimate of drug-likeness (QED) is 0.419. The van der Waals surface area contributed by atoms with Gasteiger partial charge < -0.3 is 10.6 Å². The van der Waals surface area contributed by atoms with Gasteiger partial charge >= 0.3 is 0 Å². The van der Waals surface area contributed by atoms with Crippen molar-refractivity contribution in [3.8, 4) is 0 Å². The summed E-state index contributed by atoms with van der Waals surface area (Å²) >= 11 is 0. The molecule has 0 bridgehead atoms. The van der Waals surface area contributed by atoms with Gasteiger partial charge in [-0.2, -0.15) is 5.10 Å². The highest BCUT2D eigenvalue weighted by atomic mass is 15.3. The van der Waals surface area contributed by atoms with E-state index in [1.807, 2.05) is 23.1 Å². The van der Waals surface area contributed by atoms with Crippen molar-refractivity contribution in [1.82, 2.24) is 20.4 Å². The lowest BCUT2D eigenvalue weighted by Gasteiger charge is -2.13. The highest BCUT2D eigenvalue weighted by molar-refractivity contribution is 5.79. The zero-order chi connectivity index (χ0) is 15.5. The summed E-state index contributed by atoms with van der Waals surface area (Å²) in [7, 11) is 0. The largest absolute Gasteiger partial charge is 0.357 e. The summed E-state index contributed by atoms with van der Waals surface area (Å²) in [4.78, 5) is 4.64. The van der Waals surface area contributed by atoms with Gasteiger partial charge in [-0.25, -0.2) is 0 Å². The van der Waals surface area contributed by atoms with Crippen LogP contribution in [-0.4, -0.2) is 35.4 Å². The number of guanidine groups is 1. The monoisotopic (exact) mass is 305 g/mol. The van der Waals surface area contributed by atoms with E-state index in [0.29, 0.717) is 0 Å². The van der Waals surface area contributed by atoms with E-state index in [2.05, 4.69) is 27.6 Å². The summed E-state index contributed by atoms with van der Waals surface area (Å²) in [5.74, 6) is 1.93. The Balaban J connectivity index is 1.59. The molecule has 5 nitrogen and oxygen atoms in total. The molecule has 0 spiro atoms. The molecule has 0 aromatic carbocycles. The van der Waals surface area contributed by atoms with Crippen LogP contribution in [0.25, 0.3) is 0 Å². The van der Waals surface area contributed by atoms with Crippen LogP contribution in [-0.2, 0) is 6.54 Å². The van der Waals surface area contributed by atoms with Gasteiger partial charge in [0, 0.05) is 38.6 Å². The average Bonchev–Trinajstić information content (AvgIpc) is 3.21. The van der Waals surface area contributed by atoms with Crippen LogP contribution in [0.1, 0.15) is 51.9 Å². The van der Waals surface area contributed by atoms with Gasteiger partial charge in [-0.05, 0) is 38.2 Å². The van der Waals surface area contributed by atoms with Crippen molar-refractivity contribution < 1.29 is 0 Å². The van der Waals surface area contributed by atoms with Gasteiger partial charge in [0.1, 0.15) is 0 Å². The summed E-state index contributed by atoms with van der Waals surface area (Å²) in [5, 5.41) is 11.0. The van der Waals surface area contributed by atoms with Gasteiger partial charge in [0.2, 0.25) is 0 Å². The second-order valence-corrected chi connectivity index (χ2v) is 6.10. The number of rotatable bonds is 9. The molecule has 0 atom stereocenters. The zero-order valence-corrected chi connectivity index (χ0v) is 13.9. The molecule has 0 aliphatic heterocycles. The SMILES string of the molecule is CCNC(=NCCCn1cccn1)NCCCC1CCCC1. The van der Waals surface area contributed by atoms with Crippen LogP contribution in [0.4, 0.5) is 0 Å². The lowest BCUT2D eigenvalue weighted by atomic mass is 10.0. The molecule has 1 aromatic heterocycles. The Bertz CT molecular complexity index is 407. The van der Waals surface area contributed by atoms with Crippen molar-refractivity contribution in [2.45, 2.75) is 58.4 Å². The normalized spacial score (nSPS) is 16.1. The van der Waals surface area contributed by atoms with Gasteiger partial charge in [0.05, 0.1) is 0 Å². The van der Waals surface area contributed by atoms with E-state index in [1.54, 1.807) is 0 Å². The highest BCUT2D eigenvalue weighted by Crippen LogP contribution is 2.28. The number of aliphatic imine (C=N–C) groups is 1. The second-order valence-electron chi connectivity index (χ2n) is 6.10.